The minimum Gasteiger partial charge on any atom is -0.284 e. The fourth-order valence-electron chi connectivity index (χ4n) is 2.69. The van der Waals surface area contributed by atoms with Crippen molar-refractivity contribution < 1.29 is 13.2 Å². The van der Waals surface area contributed by atoms with E-state index in [1.807, 2.05) is 4.90 Å². The number of alkyl halides is 3. The summed E-state index contributed by atoms with van der Waals surface area (Å²) < 4.78 is 39.2. The van der Waals surface area contributed by atoms with Crippen LogP contribution in [-0.4, -0.2) is 18.0 Å². The fraction of sp³-hybridized carbons (Fsp3) is 0.533. The second-order valence-electron chi connectivity index (χ2n) is 5.07. The predicted octanol–water partition coefficient (Wildman–Crippen LogP) is 4.15. The summed E-state index contributed by atoms with van der Waals surface area (Å²) in [6, 6.07) is 6.64. The molecule has 0 saturated carbocycles. The first kappa shape index (κ1) is 14.9. The minimum absolute atomic E-state index is 0.0735. The molecule has 20 heavy (non-hydrogen) atoms. The quantitative estimate of drug-likeness (QED) is 0.815. The van der Waals surface area contributed by atoms with Crippen LogP contribution in [0.1, 0.15) is 42.9 Å². The van der Waals surface area contributed by atoms with Gasteiger partial charge in [0.1, 0.15) is 6.04 Å². The molecule has 1 atom stereocenters. The number of likely N-dealkylation sites (tertiary alicyclic amines) is 1. The summed E-state index contributed by atoms with van der Waals surface area (Å²) in [5, 5.41) is 9.35. The molecule has 0 spiro atoms. The van der Waals surface area contributed by atoms with E-state index in [2.05, 4.69) is 6.07 Å². The van der Waals surface area contributed by atoms with Crippen molar-refractivity contribution in [1.82, 2.24) is 4.90 Å². The Kier molecular flexibility index (Phi) is 4.66. The summed E-state index contributed by atoms with van der Waals surface area (Å²) in [6.45, 7) is 1.37. The van der Waals surface area contributed by atoms with E-state index >= 15 is 0 Å². The van der Waals surface area contributed by atoms with Crippen molar-refractivity contribution in [3.8, 4) is 6.07 Å². The molecule has 1 aliphatic rings. The summed E-state index contributed by atoms with van der Waals surface area (Å²) >= 11 is 0. The van der Waals surface area contributed by atoms with Crippen molar-refractivity contribution in [3.63, 3.8) is 0 Å². The van der Waals surface area contributed by atoms with E-state index in [0.717, 1.165) is 31.7 Å². The summed E-state index contributed by atoms with van der Waals surface area (Å²) in [5.74, 6) is 0. The maximum atomic E-state index is 13.1. The smallest absolute Gasteiger partial charge is 0.284 e. The summed E-state index contributed by atoms with van der Waals surface area (Å²) in [6.07, 6.45) is -0.387. The molecule has 108 valence electrons. The number of rotatable bonds is 2. The van der Waals surface area contributed by atoms with Crippen molar-refractivity contribution in [1.29, 1.82) is 5.26 Å². The van der Waals surface area contributed by atoms with Crippen molar-refractivity contribution in [3.05, 3.63) is 35.4 Å². The van der Waals surface area contributed by atoms with Crippen molar-refractivity contribution in [2.75, 3.05) is 13.1 Å². The van der Waals surface area contributed by atoms with Gasteiger partial charge in [-0.25, -0.2) is 0 Å². The van der Waals surface area contributed by atoms with Gasteiger partial charge in [-0.05, 0) is 37.6 Å². The number of benzene rings is 1. The van der Waals surface area contributed by atoms with Crippen molar-refractivity contribution in [2.24, 2.45) is 0 Å². The van der Waals surface area contributed by atoms with E-state index in [9.17, 15) is 18.4 Å². The molecule has 1 aromatic carbocycles. The standard InChI is InChI=1S/C15H17F3N2/c16-15(17,18)13-8-4-3-7-12(13)14(11-19)20-9-5-1-2-6-10-20/h3-4,7-8,14H,1-2,5-6,9-10H2. The molecule has 0 aromatic heterocycles. The van der Waals surface area contributed by atoms with Crippen molar-refractivity contribution in [2.45, 2.75) is 37.9 Å². The first-order valence-corrected chi connectivity index (χ1v) is 6.84. The van der Waals surface area contributed by atoms with Crippen LogP contribution in [0.5, 0.6) is 0 Å². The zero-order chi connectivity index (χ0) is 14.6. The molecule has 2 rings (SSSR count). The van der Waals surface area contributed by atoms with Crippen molar-refractivity contribution >= 4 is 0 Å². The molecule has 0 N–H and O–H groups in total. The lowest BCUT2D eigenvalue weighted by atomic mass is 9.99. The molecule has 1 saturated heterocycles. The number of nitrogens with zero attached hydrogens (tertiary/aromatic N) is 2. The predicted molar refractivity (Wildman–Crippen MR) is 69.8 cm³/mol. The van der Waals surface area contributed by atoms with Gasteiger partial charge in [-0.3, -0.25) is 4.90 Å². The van der Waals surface area contributed by atoms with E-state index in [1.165, 1.54) is 12.1 Å². The third-order valence-electron chi connectivity index (χ3n) is 3.69. The van der Waals surface area contributed by atoms with Gasteiger partial charge in [-0.2, -0.15) is 18.4 Å². The zero-order valence-corrected chi connectivity index (χ0v) is 11.2. The molecule has 1 unspecified atom stereocenters. The summed E-state index contributed by atoms with van der Waals surface area (Å²) in [4.78, 5) is 1.87. The molecule has 5 heteroatoms. The molecule has 0 bridgehead atoms. The highest BCUT2D eigenvalue weighted by Gasteiger charge is 2.36. The Morgan fingerprint density at radius 1 is 1.05 bits per heavy atom. The summed E-state index contributed by atoms with van der Waals surface area (Å²) in [7, 11) is 0. The van der Waals surface area contributed by atoms with Crippen LogP contribution in [0, 0.1) is 11.3 Å². The Labute approximate surface area is 116 Å². The number of hydrogen-bond donors (Lipinski definition) is 0. The third-order valence-corrected chi connectivity index (χ3v) is 3.69. The van der Waals surface area contributed by atoms with Gasteiger partial charge >= 0.3 is 6.18 Å². The van der Waals surface area contributed by atoms with E-state index in [1.54, 1.807) is 6.07 Å². The van der Waals surface area contributed by atoms with Gasteiger partial charge in [0, 0.05) is 0 Å². The lowest BCUT2D eigenvalue weighted by molar-refractivity contribution is -0.138. The first-order valence-electron chi connectivity index (χ1n) is 6.84. The normalized spacial score (nSPS) is 19.1. The van der Waals surface area contributed by atoms with Gasteiger partial charge in [0.15, 0.2) is 0 Å². The molecule has 0 radical (unpaired) electrons. The van der Waals surface area contributed by atoms with E-state index in [-0.39, 0.29) is 5.56 Å². The van der Waals surface area contributed by atoms with Crippen LogP contribution < -0.4 is 0 Å². The Hall–Kier alpha value is -1.54. The van der Waals surface area contributed by atoms with Crippen LogP contribution in [0.3, 0.4) is 0 Å². The second-order valence-corrected chi connectivity index (χ2v) is 5.07. The Morgan fingerprint density at radius 3 is 2.20 bits per heavy atom. The molecular formula is C15H17F3N2. The molecule has 1 aromatic rings. The van der Waals surface area contributed by atoms with Crippen LogP contribution in [0.4, 0.5) is 13.2 Å². The highest BCUT2D eigenvalue weighted by molar-refractivity contribution is 5.35. The minimum atomic E-state index is -4.42. The van der Waals surface area contributed by atoms with E-state index < -0.39 is 17.8 Å². The highest BCUT2D eigenvalue weighted by Crippen LogP contribution is 2.36. The maximum absolute atomic E-state index is 13.1. The first-order chi connectivity index (χ1) is 9.54. The Bertz CT molecular complexity index is 483. The van der Waals surface area contributed by atoms with E-state index in [4.69, 9.17) is 0 Å². The third kappa shape index (κ3) is 3.31. The molecule has 2 nitrogen and oxygen atoms in total. The van der Waals surface area contributed by atoms with Crippen LogP contribution in [0.2, 0.25) is 0 Å². The molecule has 0 aliphatic carbocycles. The van der Waals surface area contributed by atoms with Gasteiger partial charge in [0.05, 0.1) is 11.6 Å². The van der Waals surface area contributed by atoms with Gasteiger partial charge in [-0.15, -0.1) is 0 Å². The molecule has 1 heterocycles. The van der Waals surface area contributed by atoms with Crippen LogP contribution in [0.25, 0.3) is 0 Å². The SMILES string of the molecule is N#CC(c1ccccc1C(F)(F)F)N1CCCCCC1. The number of nitriles is 1. The molecule has 1 fully saturated rings. The Morgan fingerprint density at radius 2 is 1.65 bits per heavy atom. The number of hydrogen-bond acceptors (Lipinski definition) is 2. The highest BCUT2D eigenvalue weighted by atomic mass is 19.4. The molecule has 0 amide bonds. The van der Waals surface area contributed by atoms with Crippen LogP contribution in [-0.2, 0) is 6.18 Å². The average molecular weight is 282 g/mol. The average Bonchev–Trinajstić information content (AvgIpc) is 2.68. The zero-order valence-electron chi connectivity index (χ0n) is 11.2. The molecular weight excluding hydrogens is 265 g/mol. The fourth-order valence-corrected chi connectivity index (χ4v) is 2.69. The monoisotopic (exact) mass is 282 g/mol. The summed E-state index contributed by atoms with van der Waals surface area (Å²) in [5.41, 5.74) is -0.625. The van der Waals surface area contributed by atoms with Gasteiger partial charge in [0.25, 0.3) is 0 Å². The van der Waals surface area contributed by atoms with Gasteiger partial charge in [0.2, 0.25) is 0 Å². The van der Waals surface area contributed by atoms with Crippen LogP contribution >= 0.6 is 0 Å². The lowest BCUT2D eigenvalue weighted by Gasteiger charge is -2.27. The Balaban J connectivity index is 2.34. The topological polar surface area (TPSA) is 27.0 Å². The maximum Gasteiger partial charge on any atom is 0.416 e. The van der Waals surface area contributed by atoms with Gasteiger partial charge < -0.3 is 0 Å². The second kappa shape index (κ2) is 6.27. The van der Waals surface area contributed by atoms with Crippen LogP contribution in [0.15, 0.2) is 24.3 Å². The lowest BCUT2D eigenvalue weighted by Crippen LogP contribution is -2.30. The molecule has 1 aliphatic heterocycles. The van der Waals surface area contributed by atoms with E-state index in [0.29, 0.717) is 13.1 Å². The largest absolute Gasteiger partial charge is 0.416 e. The van der Waals surface area contributed by atoms with Gasteiger partial charge in [-0.1, -0.05) is 31.0 Å². The number of halogens is 3.